The molecule has 1 saturated heterocycles. The number of ether oxygens (including phenoxy) is 1. The largest absolute Gasteiger partial charge is 0.507 e. The first-order valence-electron chi connectivity index (χ1n) is 8.85. The summed E-state index contributed by atoms with van der Waals surface area (Å²) < 4.78 is 33.6. The van der Waals surface area contributed by atoms with Crippen molar-refractivity contribution in [1.82, 2.24) is 5.32 Å². The van der Waals surface area contributed by atoms with E-state index in [4.69, 9.17) is 4.42 Å². The summed E-state index contributed by atoms with van der Waals surface area (Å²) >= 11 is 0. The summed E-state index contributed by atoms with van der Waals surface area (Å²) in [7, 11) is -1.84. The van der Waals surface area contributed by atoms with Crippen molar-refractivity contribution >= 4 is 26.8 Å². The molecule has 0 bridgehead atoms. The molecule has 1 fully saturated rings. The van der Waals surface area contributed by atoms with E-state index < -0.39 is 27.0 Å². The highest BCUT2D eigenvalue weighted by Crippen LogP contribution is 2.31. The van der Waals surface area contributed by atoms with Crippen molar-refractivity contribution in [2.24, 2.45) is 0 Å². The molecular weight excluding hydrogens is 386 g/mol. The van der Waals surface area contributed by atoms with Gasteiger partial charge in [0, 0.05) is 17.5 Å². The first kappa shape index (κ1) is 20.3. The van der Waals surface area contributed by atoms with Gasteiger partial charge in [0.1, 0.15) is 11.3 Å². The minimum Gasteiger partial charge on any atom is -0.507 e. The molecule has 2 heterocycles. The SMILES string of the molecule is COC(=O)Cc1c(C)c2ccc(O)c(CN[C@@]3(C)CCS(=O)(=O)C3)c2oc1=O. The molecule has 152 valence electrons. The van der Waals surface area contributed by atoms with Crippen LogP contribution in [0.25, 0.3) is 11.0 Å². The molecule has 2 N–H and O–H groups in total. The Balaban J connectivity index is 2.00. The predicted octanol–water partition coefficient (Wildman–Crippen LogP) is 1.19. The zero-order valence-electron chi connectivity index (χ0n) is 16.0. The Hall–Kier alpha value is -2.39. The van der Waals surface area contributed by atoms with E-state index in [1.807, 2.05) is 6.92 Å². The number of aryl methyl sites for hydroxylation is 1. The molecule has 0 radical (unpaired) electrons. The average molecular weight is 409 g/mol. The van der Waals surface area contributed by atoms with Crippen molar-refractivity contribution in [2.75, 3.05) is 18.6 Å². The van der Waals surface area contributed by atoms with E-state index in [0.29, 0.717) is 22.9 Å². The summed E-state index contributed by atoms with van der Waals surface area (Å²) in [6.45, 7) is 3.65. The van der Waals surface area contributed by atoms with Crippen molar-refractivity contribution in [1.29, 1.82) is 0 Å². The highest BCUT2D eigenvalue weighted by atomic mass is 32.2. The Bertz CT molecular complexity index is 1100. The number of phenolic OH excluding ortho intramolecular Hbond substituents is 1. The van der Waals surface area contributed by atoms with Crippen molar-refractivity contribution < 1.29 is 27.5 Å². The van der Waals surface area contributed by atoms with Gasteiger partial charge in [0.25, 0.3) is 0 Å². The first-order chi connectivity index (χ1) is 13.1. The van der Waals surface area contributed by atoms with Crippen molar-refractivity contribution in [3.63, 3.8) is 0 Å². The summed E-state index contributed by atoms with van der Waals surface area (Å²) in [4.78, 5) is 24.0. The quantitative estimate of drug-likeness (QED) is 0.558. The lowest BCUT2D eigenvalue weighted by Crippen LogP contribution is -2.42. The number of carbonyl (C=O) groups excluding carboxylic acids is 1. The summed E-state index contributed by atoms with van der Waals surface area (Å²) in [5, 5.41) is 14.1. The topological polar surface area (TPSA) is 123 Å². The Labute approximate surface area is 162 Å². The van der Waals surface area contributed by atoms with Gasteiger partial charge in [-0.05, 0) is 38.0 Å². The number of carbonyl (C=O) groups is 1. The lowest BCUT2D eigenvalue weighted by Gasteiger charge is -2.24. The third-order valence-electron chi connectivity index (χ3n) is 5.28. The lowest BCUT2D eigenvalue weighted by molar-refractivity contribution is -0.139. The van der Waals surface area contributed by atoms with Crippen LogP contribution in [0, 0.1) is 6.92 Å². The Morgan fingerprint density at radius 3 is 2.68 bits per heavy atom. The number of sulfone groups is 1. The van der Waals surface area contributed by atoms with E-state index in [2.05, 4.69) is 10.1 Å². The first-order valence-corrected chi connectivity index (χ1v) is 10.7. The summed E-state index contributed by atoms with van der Waals surface area (Å²) in [6, 6.07) is 3.11. The van der Waals surface area contributed by atoms with Gasteiger partial charge in [0.2, 0.25) is 0 Å². The number of hydrogen-bond donors (Lipinski definition) is 2. The number of nitrogens with one attached hydrogen (secondary N) is 1. The van der Waals surface area contributed by atoms with E-state index in [0.717, 1.165) is 0 Å². The number of esters is 1. The molecule has 28 heavy (non-hydrogen) atoms. The number of rotatable bonds is 5. The Morgan fingerprint density at radius 2 is 2.07 bits per heavy atom. The van der Waals surface area contributed by atoms with Gasteiger partial charge >= 0.3 is 11.6 Å². The maximum atomic E-state index is 12.4. The van der Waals surface area contributed by atoms with Gasteiger partial charge in [0.15, 0.2) is 9.84 Å². The summed E-state index contributed by atoms with van der Waals surface area (Å²) in [5.41, 5.74) is 0.0799. The Morgan fingerprint density at radius 1 is 1.36 bits per heavy atom. The highest BCUT2D eigenvalue weighted by Gasteiger charge is 2.38. The van der Waals surface area contributed by atoms with Crippen LogP contribution in [0.3, 0.4) is 0 Å². The number of methoxy groups -OCH3 is 1. The molecule has 9 heteroatoms. The molecule has 1 aliphatic rings. The molecule has 0 saturated carbocycles. The van der Waals surface area contributed by atoms with Crippen LogP contribution >= 0.6 is 0 Å². The van der Waals surface area contributed by atoms with E-state index in [-0.39, 0.29) is 41.4 Å². The molecule has 0 spiro atoms. The molecule has 0 aliphatic carbocycles. The van der Waals surface area contributed by atoms with Gasteiger partial charge < -0.3 is 19.6 Å². The number of phenols is 1. The number of fused-ring (bicyclic) bond motifs is 1. The fourth-order valence-corrected chi connectivity index (χ4v) is 5.67. The van der Waals surface area contributed by atoms with Gasteiger partial charge in [-0.2, -0.15) is 0 Å². The molecule has 1 aliphatic heterocycles. The zero-order chi connectivity index (χ0) is 20.7. The standard InChI is InChI=1S/C19H23NO7S/c1-11-12-4-5-15(21)14(9-20-19(2)6-7-28(24,25)10-19)17(12)27-18(23)13(11)8-16(22)26-3/h4-5,20-21H,6-10H2,1-3H3/t19-/m0/s1. The molecule has 2 aromatic rings. The molecule has 1 aromatic carbocycles. The second-order valence-corrected chi connectivity index (χ2v) is 9.63. The van der Waals surface area contributed by atoms with Crippen LogP contribution in [-0.2, 0) is 32.3 Å². The minimum absolute atomic E-state index is 0.0117. The average Bonchev–Trinajstić information content (AvgIpc) is 2.91. The van der Waals surface area contributed by atoms with E-state index >= 15 is 0 Å². The minimum atomic E-state index is -3.09. The maximum Gasteiger partial charge on any atom is 0.340 e. The van der Waals surface area contributed by atoms with Crippen LogP contribution in [0.1, 0.15) is 30.0 Å². The third-order valence-corrected chi connectivity index (χ3v) is 7.18. The van der Waals surface area contributed by atoms with E-state index in [9.17, 15) is 23.1 Å². The van der Waals surface area contributed by atoms with E-state index in [1.165, 1.54) is 13.2 Å². The van der Waals surface area contributed by atoms with E-state index in [1.54, 1.807) is 13.0 Å². The molecule has 1 atom stereocenters. The fraction of sp³-hybridized carbons (Fsp3) is 0.474. The maximum absolute atomic E-state index is 12.4. The predicted molar refractivity (Wildman–Crippen MR) is 103 cm³/mol. The van der Waals surface area contributed by atoms with Crippen molar-refractivity contribution in [3.8, 4) is 5.75 Å². The third kappa shape index (κ3) is 3.90. The monoisotopic (exact) mass is 409 g/mol. The van der Waals surface area contributed by atoms with Crippen molar-refractivity contribution in [2.45, 2.75) is 38.8 Å². The smallest absolute Gasteiger partial charge is 0.340 e. The normalized spacial score (nSPS) is 21.1. The van der Waals surface area contributed by atoms with Gasteiger partial charge in [-0.1, -0.05) is 0 Å². The van der Waals surface area contributed by atoms with Crippen LogP contribution in [0.4, 0.5) is 0 Å². The summed E-state index contributed by atoms with van der Waals surface area (Å²) in [5.74, 6) is -0.487. The molecule has 0 unspecified atom stereocenters. The van der Waals surface area contributed by atoms with Gasteiger partial charge in [-0.15, -0.1) is 0 Å². The van der Waals surface area contributed by atoms with Gasteiger partial charge in [-0.25, -0.2) is 13.2 Å². The fourth-order valence-electron chi connectivity index (χ4n) is 3.54. The van der Waals surface area contributed by atoms with Crippen molar-refractivity contribution in [3.05, 3.63) is 39.2 Å². The second kappa shape index (κ2) is 7.21. The Kier molecular flexibility index (Phi) is 5.24. The second-order valence-electron chi connectivity index (χ2n) is 7.44. The molecule has 3 rings (SSSR count). The zero-order valence-corrected chi connectivity index (χ0v) is 16.8. The molecule has 1 aromatic heterocycles. The van der Waals surface area contributed by atoms with Crippen LogP contribution < -0.4 is 10.9 Å². The lowest BCUT2D eigenvalue weighted by atomic mass is 9.99. The molecular formula is C19H23NO7S. The molecule has 8 nitrogen and oxygen atoms in total. The number of aromatic hydroxyl groups is 1. The van der Waals surface area contributed by atoms with Crippen LogP contribution in [-0.4, -0.2) is 43.6 Å². The molecule has 0 amide bonds. The summed E-state index contributed by atoms with van der Waals surface area (Å²) in [6.07, 6.45) is 0.262. The number of benzene rings is 1. The van der Waals surface area contributed by atoms with Crippen LogP contribution in [0.5, 0.6) is 5.75 Å². The van der Waals surface area contributed by atoms with Gasteiger partial charge in [-0.3, -0.25) is 4.79 Å². The van der Waals surface area contributed by atoms with Crippen LogP contribution in [0.2, 0.25) is 0 Å². The van der Waals surface area contributed by atoms with Gasteiger partial charge in [0.05, 0.1) is 36.2 Å². The van der Waals surface area contributed by atoms with Crippen LogP contribution in [0.15, 0.2) is 21.3 Å². The highest BCUT2D eigenvalue weighted by molar-refractivity contribution is 7.91. The number of hydrogen-bond acceptors (Lipinski definition) is 8.